The predicted molar refractivity (Wildman–Crippen MR) is 102 cm³/mol. The van der Waals surface area contributed by atoms with Crippen LogP contribution in [0.1, 0.15) is 54.0 Å². The van der Waals surface area contributed by atoms with Crippen molar-refractivity contribution in [1.29, 1.82) is 0 Å². The van der Waals surface area contributed by atoms with E-state index in [2.05, 4.69) is 15.5 Å². The third-order valence-corrected chi connectivity index (χ3v) is 5.26. The van der Waals surface area contributed by atoms with Gasteiger partial charge in [-0.25, -0.2) is 8.78 Å². The van der Waals surface area contributed by atoms with E-state index in [4.69, 9.17) is 4.74 Å². The van der Waals surface area contributed by atoms with Crippen molar-refractivity contribution >= 4 is 17.5 Å². The Balaban J connectivity index is 1.51. The van der Waals surface area contributed by atoms with Crippen molar-refractivity contribution in [2.75, 3.05) is 31.6 Å². The molecular weight excluding hydrogens is 398 g/mol. The highest BCUT2D eigenvalue weighted by atomic mass is 19.3. The fraction of sp³-hybridized carbons (Fsp3) is 0.579. The first-order chi connectivity index (χ1) is 14.5. The summed E-state index contributed by atoms with van der Waals surface area (Å²) in [4.78, 5) is 27.2. The third-order valence-electron chi connectivity index (χ3n) is 5.26. The standard InChI is InChI=1S/C19H24F2N6O3/c1-2-26-17(19(29)25-5-7-30-8-6-25)14(10-22-26)23-16(28)11-27-15(18(20)21)9-13(24-27)12-3-4-12/h9-10,12,18H,2-8,11H2,1H3,(H,23,28). The number of rotatable bonds is 7. The zero-order chi connectivity index (χ0) is 21.3. The fourth-order valence-corrected chi connectivity index (χ4v) is 3.52. The lowest BCUT2D eigenvalue weighted by atomic mass is 10.2. The number of alkyl halides is 2. The number of hydrogen-bond donors (Lipinski definition) is 1. The van der Waals surface area contributed by atoms with Crippen LogP contribution in [0.3, 0.4) is 0 Å². The number of aryl methyl sites for hydroxylation is 1. The number of aromatic nitrogens is 4. The van der Waals surface area contributed by atoms with Gasteiger partial charge < -0.3 is 15.0 Å². The van der Waals surface area contributed by atoms with Crippen LogP contribution in [0.5, 0.6) is 0 Å². The normalized spacial score (nSPS) is 16.9. The molecule has 0 unspecified atom stereocenters. The molecule has 9 nitrogen and oxygen atoms in total. The zero-order valence-corrected chi connectivity index (χ0v) is 16.7. The predicted octanol–water partition coefficient (Wildman–Crippen LogP) is 2.03. The Morgan fingerprint density at radius 2 is 2.00 bits per heavy atom. The quantitative estimate of drug-likeness (QED) is 0.737. The number of carbonyl (C=O) groups excluding carboxylic acids is 2. The Morgan fingerprint density at radius 1 is 1.27 bits per heavy atom. The number of nitrogens with zero attached hydrogens (tertiary/aromatic N) is 5. The lowest BCUT2D eigenvalue weighted by molar-refractivity contribution is -0.117. The second-order valence-electron chi connectivity index (χ2n) is 7.40. The van der Waals surface area contributed by atoms with Crippen LogP contribution in [0.25, 0.3) is 0 Å². The second-order valence-corrected chi connectivity index (χ2v) is 7.40. The summed E-state index contributed by atoms with van der Waals surface area (Å²) in [5.74, 6) is -0.599. The molecule has 1 N–H and O–H groups in total. The summed E-state index contributed by atoms with van der Waals surface area (Å²) in [7, 11) is 0. The number of carbonyl (C=O) groups is 2. The Kier molecular flexibility index (Phi) is 5.80. The van der Waals surface area contributed by atoms with Gasteiger partial charge in [-0.2, -0.15) is 10.2 Å². The van der Waals surface area contributed by atoms with Crippen LogP contribution in [0.15, 0.2) is 12.3 Å². The molecule has 162 valence electrons. The molecule has 0 bridgehead atoms. The minimum atomic E-state index is -2.72. The zero-order valence-electron chi connectivity index (χ0n) is 16.7. The number of morpholine rings is 1. The number of nitrogens with one attached hydrogen (secondary N) is 1. The highest BCUT2D eigenvalue weighted by Crippen LogP contribution is 2.40. The van der Waals surface area contributed by atoms with Crippen LogP contribution >= 0.6 is 0 Å². The maximum absolute atomic E-state index is 13.4. The van der Waals surface area contributed by atoms with E-state index < -0.39 is 12.3 Å². The summed E-state index contributed by atoms with van der Waals surface area (Å²) < 4.78 is 34.6. The lowest BCUT2D eigenvalue weighted by Gasteiger charge is -2.27. The van der Waals surface area contributed by atoms with E-state index in [1.54, 1.807) is 4.90 Å². The van der Waals surface area contributed by atoms with Crippen molar-refractivity contribution in [1.82, 2.24) is 24.5 Å². The Morgan fingerprint density at radius 3 is 2.63 bits per heavy atom. The molecular formula is C19H24F2N6O3. The SMILES string of the molecule is CCn1ncc(NC(=O)Cn2nc(C3CC3)cc2C(F)F)c1C(=O)N1CCOCC1. The van der Waals surface area contributed by atoms with Crippen molar-refractivity contribution in [2.45, 2.75) is 45.2 Å². The van der Waals surface area contributed by atoms with E-state index in [1.807, 2.05) is 6.92 Å². The van der Waals surface area contributed by atoms with Crippen molar-refractivity contribution < 1.29 is 23.1 Å². The van der Waals surface area contributed by atoms with Gasteiger partial charge in [-0.05, 0) is 25.8 Å². The van der Waals surface area contributed by atoms with Crippen molar-refractivity contribution in [3.63, 3.8) is 0 Å². The number of hydrogen-bond acceptors (Lipinski definition) is 5. The smallest absolute Gasteiger partial charge is 0.280 e. The Hall–Kier alpha value is -2.82. The van der Waals surface area contributed by atoms with Crippen LogP contribution in [-0.2, 0) is 22.6 Å². The summed E-state index contributed by atoms with van der Waals surface area (Å²) in [6, 6.07) is 1.37. The molecule has 11 heteroatoms. The van der Waals surface area contributed by atoms with Gasteiger partial charge in [-0.3, -0.25) is 19.0 Å². The molecule has 2 aromatic heterocycles. The summed E-state index contributed by atoms with van der Waals surface area (Å²) in [5.41, 5.74) is 0.841. The number of ether oxygens (including phenoxy) is 1. The van der Waals surface area contributed by atoms with Gasteiger partial charge in [0.05, 0.1) is 30.8 Å². The van der Waals surface area contributed by atoms with Gasteiger partial charge in [0.25, 0.3) is 12.3 Å². The minimum absolute atomic E-state index is 0.201. The van der Waals surface area contributed by atoms with Gasteiger partial charge in [-0.15, -0.1) is 0 Å². The van der Waals surface area contributed by atoms with Crippen LogP contribution in [0.2, 0.25) is 0 Å². The number of halogens is 2. The molecule has 2 amide bonds. The molecule has 30 heavy (non-hydrogen) atoms. The summed E-state index contributed by atoms with van der Waals surface area (Å²) in [6.07, 6.45) is 0.533. The van der Waals surface area contributed by atoms with E-state index in [0.717, 1.165) is 17.5 Å². The topological polar surface area (TPSA) is 94.3 Å². The first kappa shape index (κ1) is 20.5. The Labute approximate surface area is 172 Å². The molecule has 2 aromatic rings. The molecule has 2 fully saturated rings. The first-order valence-electron chi connectivity index (χ1n) is 10.1. The molecule has 0 spiro atoms. The minimum Gasteiger partial charge on any atom is -0.378 e. The van der Waals surface area contributed by atoms with Crippen molar-refractivity contribution in [2.24, 2.45) is 0 Å². The monoisotopic (exact) mass is 422 g/mol. The van der Waals surface area contributed by atoms with Gasteiger partial charge in [0.1, 0.15) is 17.9 Å². The average Bonchev–Trinajstić information content (AvgIpc) is 3.38. The van der Waals surface area contributed by atoms with Crippen LogP contribution < -0.4 is 5.32 Å². The molecule has 2 aliphatic rings. The molecule has 1 aliphatic carbocycles. The maximum Gasteiger partial charge on any atom is 0.280 e. The fourth-order valence-electron chi connectivity index (χ4n) is 3.52. The summed E-state index contributed by atoms with van der Waals surface area (Å²) in [5, 5.41) is 11.0. The molecule has 3 heterocycles. The molecule has 0 aromatic carbocycles. The highest BCUT2D eigenvalue weighted by Gasteiger charge is 2.30. The number of anilines is 1. The largest absolute Gasteiger partial charge is 0.378 e. The molecule has 1 saturated carbocycles. The Bertz CT molecular complexity index is 931. The van der Waals surface area contributed by atoms with Gasteiger partial charge in [-0.1, -0.05) is 0 Å². The van der Waals surface area contributed by atoms with Gasteiger partial charge in [0.15, 0.2) is 0 Å². The molecule has 0 atom stereocenters. The van der Waals surface area contributed by atoms with Crippen molar-refractivity contribution in [3.05, 3.63) is 29.3 Å². The van der Waals surface area contributed by atoms with Gasteiger partial charge in [0.2, 0.25) is 5.91 Å². The molecule has 0 radical (unpaired) electrons. The maximum atomic E-state index is 13.4. The van der Waals surface area contributed by atoms with E-state index >= 15 is 0 Å². The second kappa shape index (κ2) is 8.50. The average molecular weight is 422 g/mol. The highest BCUT2D eigenvalue weighted by molar-refractivity contribution is 6.02. The van der Waals surface area contributed by atoms with Crippen LogP contribution in [-0.4, -0.2) is 62.6 Å². The molecule has 4 rings (SSSR count). The van der Waals surface area contributed by atoms with E-state index in [9.17, 15) is 18.4 Å². The van der Waals surface area contributed by atoms with Crippen molar-refractivity contribution in [3.8, 4) is 0 Å². The van der Waals surface area contributed by atoms with E-state index in [0.29, 0.717) is 38.5 Å². The molecule has 1 saturated heterocycles. The van der Waals surface area contributed by atoms with Gasteiger partial charge in [0, 0.05) is 25.6 Å². The van der Waals surface area contributed by atoms with E-state index in [1.165, 1.54) is 16.9 Å². The van der Waals surface area contributed by atoms with Crippen LogP contribution in [0, 0.1) is 0 Å². The van der Waals surface area contributed by atoms with Gasteiger partial charge >= 0.3 is 0 Å². The summed E-state index contributed by atoms with van der Waals surface area (Å²) >= 11 is 0. The first-order valence-corrected chi connectivity index (χ1v) is 10.1. The number of amides is 2. The van der Waals surface area contributed by atoms with E-state index in [-0.39, 0.29) is 35.4 Å². The van der Waals surface area contributed by atoms with Crippen LogP contribution in [0.4, 0.5) is 14.5 Å². The lowest BCUT2D eigenvalue weighted by Crippen LogP contribution is -2.41. The molecule has 1 aliphatic heterocycles. The third kappa shape index (κ3) is 4.20. The summed E-state index contributed by atoms with van der Waals surface area (Å²) in [6.45, 7) is 3.73.